The molecule has 3 aliphatic rings. The van der Waals surface area contributed by atoms with Crippen molar-refractivity contribution in [3.05, 3.63) is 99.6 Å². The lowest BCUT2D eigenvalue weighted by molar-refractivity contribution is 0.238. The molecule has 0 bridgehead atoms. The Morgan fingerprint density at radius 1 is 1.06 bits per heavy atom. The van der Waals surface area contributed by atoms with Crippen molar-refractivity contribution in [2.75, 3.05) is 13.2 Å². The molecule has 1 aromatic carbocycles. The van der Waals surface area contributed by atoms with Crippen molar-refractivity contribution in [2.24, 2.45) is 16.8 Å². The van der Waals surface area contributed by atoms with Crippen molar-refractivity contribution in [3.8, 4) is 0 Å². The highest BCUT2D eigenvalue weighted by Gasteiger charge is 2.27. The second kappa shape index (κ2) is 9.81. The zero-order valence-electron chi connectivity index (χ0n) is 21.6. The van der Waals surface area contributed by atoms with Crippen LogP contribution in [0.3, 0.4) is 0 Å². The van der Waals surface area contributed by atoms with Crippen LogP contribution in [0.5, 0.6) is 0 Å². The molecular formula is C32H36N2O. The van der Waals surface area contributed by atoms with Gasteiger partial charge in [0.15, 0.2) is 0 Å². The van der Waals surface area contributed by atoms with E-state index in [1.807, 2.05) is 6.20 Å². The highest BCUT2D eigenvalue weighted by molar-refractivity contribution is 6.01. The first kappa shape index (κ1) is 23.5. The lowest BCUT2D eigenvalue weighted by atomic mass is 9.83. The summed E-state index contributed by atoms with van der Waals surface area (Å²) in [5.41, 5.74) is 11.2. The van der Waals surface area contributed by atoms with Crippen molar-refractivity contribution in [3.63, 3.8) is 0 Å². The molecule has 5 rings (SSSR count). The molecule has 2 aromatic rings. The van der Waals surface area contributed by atoms with E-state index in [1.165, 1.54) is 39.0 Å². The molecule has 0 spiro atoms. The molecule has 2 aliphatic heterocycles. The molecular weight excluding hydrogens is 428 g/mol. The van der Waals surface area contributed by atoms with Crippen molar-refractivity contribution < 1.29 is 4.74 Å². The van der Waals surface area contributed by atoms with Crippen LogP contribution in [0.25, 0.3) is 11.1 Å². The standard InChI is InChI=1S/C32H36N2O/c1-20-13-28(17-33-16-20)30-15-26(23(4)25-9-7-6-8-10-25)11-12-27-14-29(18-34-32(27)30)31-22(3)21(2)19-35-24(31)5/h6-10,13-15,17-18,20,23,26H,11-12,16,19H2,1-5H3. The number of nitrogens with zero attached hydrogens (tertiary/aromatic N) is 2. The molecule has 35 heavy (non-hydrogen) atoms. The third-order valence-electron chi connectivity index (χ3n) is 7.88. The minimum absolute atomic E-state index is 0.430. The number of fused-ring (bicyclic) bond motifs is 1. The first-order chi connectivity index (χ1) is 16.9. The number of aryl methyl sites for hydroxylation is 1. The molecule has 0 radical (unpaired) electrons. The lowest BCUT2D eigenvalue weighted by Crippen LogP contribution is -2.10. The summed E-state index contributed by atoms with van der Waals surface area (Å²) < 4.78 is 5.98. The summed E-state index contributed by atoms with van der Waals surface area (Å²) in [6.45, 7) is 12.6. The van der Waals surface area contributed by atoms with Gasteiger partial charge in [-0.2, -0.15) is 0 Å². The van der Waals surface area contributed by atoms with Gasteiger partial charge in [0.2, 0.25) is 0 Å². The molecule has 3 heterocycles. The summed E-state index contributed by atoms with van der Waals surface area (Å²) in [7, 11) is 0. The average Bonchev–Trinajstić information content (AvgIpc) is 3.06. The minimum atomic E-state index is 0.430. The van der Waals surface area contributed by atoms with Gasteiger partial charge in [-0.25, -0.2) is 0 Å². The van der Waals surface area contributed by atoms with Crippen LogP contribution in [0, 0.1) is 11.8 Å². The van der Waals surface area contributed by atoms with Gasteiger partial charge in [-0.05, 0) is 85.3 Å². The Morgan fingerprint density at radius 3 is 2.63 bits per heavy atom. The molecule has 3 nitrogen and oxygen atoms in total. The van der Waals surface area contributed by atoms with Crippen LogP contribution in [0.15, 0.2) is 82.2 Å². The number of aromatic nitrogens is 1. The van der Waals surface area contributed by atoms with E-state index in [1.54, 1.807) is 0 Å². The van der Waals surface area contributed by atoms with Crippen molar-refractivity contribution in [2.45, 2.75) is 53.4 Å². The van der Waals surface area contributed by atoms with Crippen LogP contribution in [-0.4, -0.2) is 24.4 Å². The number of dihydropyridines is 1. The van der Waals surface area contributed by atoms with Crippen molar-refractivity contribution in [1.29, 1.82) is 0 Å². The molecule has 1 aromatic heterocycles. The molecule has 0 amide bonds. The first-order valence-electron chi connectivity index (χ1n) is 12.9. The Hall–Kier alpha value is -3.20. The average molecular weight is 465 g/mol. The van der Waals surface area contributed by atoms with Crippen LogP contribution in [0.2, 0.25) is 0 Å². The van der Waals surface area contributed by atoms with Gasteiger partial charge in [0.1, 0.15) is 12.4 Å². The van der Waals surface area contributed by atoms with Gasteiger partial charge in [0.25, 0.3) is 0 Å². The molecule has 1 aliphatic carbocycles. The van der Waals surface area contributed by atoms with Crippen molar-refractivity contribution in [1.82, 2.24) is 4.98 Å². The predicted octanol–water partition coefficient (Wildman–Crippen LogP) is 7.58. The van der Waals surface area contributed by atoms with Gasteiger partial charge in [-0.1, -0.05) is 56.3 Å². The fraction of sp³-hybridized carbons (Fsp3) is 0.375. The van der Waals surface area contributed by atoms with Gasteiger partial charge < -0.3 is 4.74 Å². The molecule has 180 valence electrons. The van der Waals surface area contributed by atoms with Gasteiger partial charge in [-0.15, -0.1) is 0 Å². The van der Waals surface area contributed by atoms with Crippen molar-refractivity contribution >= 4 is 17.4 Å². The number of hydrogen-bond acceptors (Lipinski definition) is 3. The van der Waals surface area contributed by atoms with E-state index >= 15 is 0 Å². The van der Waals surface area contributed by atoms with Crippen LogP contribution < -0.4 is 0 Å². The van der Waals surface area contributed by atoms with E-state index in [0.29, 0.717) is 24.4 Å². The summed E-state index contributed by atoms with van der Waals surface area (Å²) in [5.74, 6) is 2.29. The fourth-order valence-corrected chi connectivity index (χ4v) is 5.58. The summed E-state index contributed by atoms with van der Waals surface area (Å²) in [6, 6.07) is 13.3. The number of allylic oxidation sites excluding steroid dienone is 6. The molecule has 0 saturated carbocycles. The summed E-state index contributed by atoms with van der Waals surface area (Å²) in [6.07, 6.45) is 11.1. The topological polar surface area (TPSA) is 34.5 Å². The Kier molecular flexibility index (Phi) is 6.60. The van der Waals surface area contributed by atoms with E-state index in [4.69, 9.17) is 9.72 Å². The quantitative estimate of drug-likeness (QED) is 0.467. The second-order valence-electron chi connectivity index (χ2n) is 10.4. The Morgan fingerprint density at radius 2 is 1.86 bits per heavy atom. The number of pyridine rings is 1. The van der Waals surface area contributed by atoms with Crippen LogP contribution >= 0.6 is 0 Å². The summed E-state index contributed by atoms with van der Waals surface area (Å²) >= 11 is 0. The van der Waals surface area contributed by atoms with E-state index in [2.05, 4.69) is 94.4 Å². The second-order valence-corrected chi connectivity index (χ2v) is 10.4. The third-order valence-corrected chi connectivity index (χ3v) is 7.88. The maximum Gasteiger partial charge on any atom is 0.109 e. The zero-order valence-corrected chi connectivity index (χ0v) is 21.6. The van der Waals surface area contributed by atoms with Gasteiger partial charge in [0, 0.05) is 35.7 Å². The molecule has 3 unspecified atom stereocenters. The van der Waals surface area contributed by atoms with E-state index < -0.39 is 0 Å². The largest absolute Gasteiger partial charge is 0.493 e. The molecule has 0 N–H and O–H groups in total. The van der Waals surface area contributed by atoms with Gasteiger partial charge >= 0.3 is 0 Å². The smallest absolute Gasteiger partial charge is 0.109 e. The number of hydrogen-bond donors (Lipinski definition) is 0. The number of benzene rings is 1. The number of rotatable bonds is 4. The maximum atomic E-state index is 5.98. The number of aliphatic imine (C=N–C) groups is 1. The molecule has 0 fully saturated rings. The SMILES string of the molecule is CC1=C(C)C(c2cnc3c(c2)CCC(C(C)c2ccccc2)C=C3C2=CC(C)CN=C2)=C(C)OC1. The summed E-state index contributed by atoms with van der Waals surface area (Å²) in [5, 5.41) is 0. The number of ether oxygens (including phenoxy) is 1. The zero-order chi connectivity index (χ0) is 24.5. The monoisotopic (exact) mass is 464 g/mol. The third kappa shape index (κ3) is 4.69. The lowest BCUT2D eigenvalue weighted by Gasteiger charge is -2.23. The summed E-state index contributed by atoms with van der Waals surface area (Å²) in [4.78, 5) is 9.79. The van der Waals surface area contributed by atoms with Crippen LogP contribution in [0.4, 0.5) is 0 Å². The predicted molar refractivity (Wildman–Crippen MR) is 146 cm³/mol. The fourth-order valence-electron chi connectivity index (χ4n) is 5.58. The minimum Gasteiger partial charge on any atom is -0.493 e. The highest BCUT2D eigenvalue weighted by Crippen LogP contribution is 2.40. The van der Waals surface area contributed by atoms with Crippen LogP contribution in [-0.2, 0) is 11.2 Å². The van der Waals surface area contributed by atoms with Crippen LogP contribution in [0.1, 0.15) is 69.3 Å². The Balaban J connectivity index is 1.59. The highest BCUT2D eigenvalue weighted by atomic mass is 16.5. The van der Waals surface area contributed by atoms with E-state index in [0.717, 1.165) is 36.4 Å². The Labute approximate surface area is 210 Å². The van der Waals surface area contributed by atoms with E-state index in [9.17, 15) is 0 Å². The van der Waals surface area contributed by atoms with E-state index in [-0.39, 0.29) is 0 Å². The van der Waals surface area contributed by atoms with Gasteiger partial charge in [-0.3, -0.25) is 9.98 Å². The molecule has 3 heteroatoms. The van der Waals surface area contributed by atoms with Gasteiger partial charge in [0.05, 0.1) is 5.69 Å². The molecule has 0 saturated heterocycles. The maximum absolute atomic E-state index is 5.98. The normalized spacial score (nSPS) is 23.2. The Bertz CT molecular complexity index is 1280. The molecule has 3 atom stereocenters. The first-order valence-corrected chi connectivity index (χ1v) is 12.9.